The van der Waals surface area contributed by atoms with Gasteiger partial charge >= 0.3 is 0 Å². The van der Waals surface area contributed by atoms with Crippen molar-refractivity contribution in [2.75, 3.05) is 0 Å². The van der Waals surface area contributed by atoms with Crippen LogP contribution in [0.1, 0.15) is 86.1 Å². The maximum Gasteiger partial charge on any atom is 0.0583 e. The molecule has 0 spiro atoms. The van der Waals surface area contributed by atoms with Crippen molar-refractivity contribution in [2.24, 2.45) is 11.8 Å². The summed E-state index contributed by atoms with van der Waals surface area (Å²) in [5.41, 5.74) is 17.5. The van der Waals surface area contributed by atoms with Crippen LogP contribution in [-0.2, 0) is 12.8 Å². The van der Waals surface area contributed by atoms with Crippen molar-refractivity contribution in [1.29, 1.82) is 0 Å². The fourth-order valence-corrected chi connectivity index (χ4v) is 11.4. The zero-order valence-corrected chi connectivity index (χ0v) is 32.5. The number of fused-ring (bicyclic) bond motifs is 5. The lowest BCUT2D eigenvalue weighted by Crippen LogP contribution is -2.40. The molecule has 7 aliphatic rings. The van der Waals surface area contributed by atoms with Crippen LogP contribution in [0.4, 0.5) is 0 Å². The van der Waals surface area contributed by atoms with Crippen LogP contribution in [0.15, 0.2) is 169 Å². The van der Waals surface area contributed by atoms with Crippen molar-refractivity contribution in [1.82, 2.24) is 9.47 Å². The normalized spacial score (nSPS) is 26.4. The Labute approximate surface area is 333 Å². The van der Waals surface area contributed by atoms with E-state index in [1.165, 1.54) is 88.6 Å². The summed E-state index contributed by atoms with van der Waals surface area (Å²) in [5.74, 6) is 1.02. The molecule has 4 aromatic rings. The molecule has 5 atom stereocenters. The highest BCUT2D eigenvalue weighted by Gasteiger charge is 2.45. The van der Waals surface area contributed by atoms with Crippen molar-refractivity contribution in [3.63, 3.8) is 0 Å². The summed E-state index contributed by atoms with van der Waals surface area (Å²) in [7, 11) is 0. The van der Waals surface area contributed by atoms with Crippen LogP contribution < -0.4 is 0 Å². The zero-order valence-electron chi connectivity index (χ0n) is 32.5. The summed E-state index contributed by atoms with van der Waals surface area (Å²) in [6, 6.07) is 26.8. The summed E-state index contributed by atoms with van der Waals surface area (Å²) < 4.78 is 2.66. The Kier molecular flexibility index (Phi) is 8.67. The van der Waals surface area contributed by atoms with Crippen LogP contribution in [0.3, 0.4) is 0 Å². The van der Waals surface area contributed by atoms with Gasteiger partial charge in [0.25, 0.3) is 0 Å². The van der Waals surface area contributed by atoms with Gasteiger partial charge in [-0.15, -0.1) is 0 Å². The molecule has 0 bridgehead atoms. The van der Waals surface area contributed by atoms with Crippen LogP contribution in [0.25, 0.3) is 33.3 Å². The fourth-order valence-electron chi connectivity index (χ4n) is 11.4. The molecule has 0 amide bonds. The average Bonchev–Trinajstić information content (AvgIpc) is 3.80. The Hall–Kier alpha value is -5.34. The Morgan fingerprint density at radius 1 is 0.571 bits per heavy atom. The minimum Gasteiger partial charge on any atom is -0.360 e. The standard InChI is InChI=1S/C54H52N2/c1-4-17-37(18-5-1)40-33-41(38-19-6-2-7-20-38)35-43(34-40)56-50-28-14-12-25-46(50)49-36-39(31-32-52(49)56)44-23-10-11-24-45(44)47-27-16-30-53-54(47)48-26-13-15-29-51(48)55(53)42-21-8-3-9-22-42/h1,3-5,8-11,13,15,17-19,21,23-24,26-27,29,31-36,42,44-45,48,51H,2,6-7,12,14,16,20,22,25,28,30H2. The smallest absolute Gasteiger partial charge is 0.0583 e. The molecule has 2 nitrogen and oxygen atoms in total. The van der Waals surface area contributed by atoms with Gasteiger partial charge in [-0.05, 0) is 145 Å². The minimum absolute atomic E-state index is 0.296. The molecule has 1 aromatic heterocycles. The van der Waals surface area contributed by atoms with Crippen LogP contribution in [0, 0.1) is 11.8 Å². The quantitative estimate of drug-likeness (QED) is 0.192. The zero-order chi connectivity index (χ0) is 37.0. The number of hydrogen-bond donors (Lipinski definition) is 0. The van der Waals surface area contributed by atoms with E-state index in [4.69, 9.17) is 0 Å². The van der Waals surface area contributed by atoms with E-state index in [-0.39, 0.29) is 0 Å². The first kappa shape index (κ1) is 34.0. The maximum absolute atomic E-state index is 2.79. The lowest BCUT2D eigenvalue weighted by molar-refractivity contribution is 0.244. The monoisotopic (exact) mass is 728 g/mol. The van der Waals surface area contributed by atoms with Gasteiger partial charge in [-0.1, -0.05) is 121 Å². The number of allylic oxidation sites excluding steroid dienone is 13. The first-order valence-corrected chi connectivity index (χ1v) is 21.6. The minimum atomic E-state index is 0.296. The molecule has 0 saturated carbocycles. The summed E-state index contributed by atoms with van der Waals surface area (Å²) in [6.07, 6.45) is 46.6. The highest BCUT2D eigenvalue weighted by atomic mass is 15.2. The number of nitrogens with zero attached hydrogens (tertiary/aromatic N) is 2. The van der Waals surface area contributed by atoms with Gasteiger partial charge in [0.05, 0.1) is 17.6 Å². The number of rotatable bonds is 6. The molecule has 5 unspecified atom stereocenters. The Balaban J connectivity index is 1.01. The van der Waals surface area contributed by atoms with E-state index in [1.54, 1.807) is 22.4 Å². The SMILES string of the molecule is C1=CCC(N2C3=C(C(C4C=CC=CC4c4ccc5c(c4)c4c(n5-c5cc(C6=CCCCC6)cc(-c6ccccc6)c5)CCCC4)=CCC3)C3C=CC=CC32)C=C1. The molecule has 3 aromatic carbocycles. The lowest BCUT2D eigenvalue weighted by Gasteiger charge is -2.37. The van der Waals surface area contributed by atoms with Crippen LogP contribution >= 0.6 is 0 Å². The van der Waals surface area contributed by atoms with Crippen LogP contribution in [-0.4, -0.2) is 21.6 Å². The number of hydrogen-bond acceptors (Lipinski definition) is 1. The molecule has 1 aliphatic heterocycles. The molecule has 56 heavy (non-hydrogen) atoms. The summed E-state index contributed by atoms with van der Waals surface area (Å²) in [5, 5.41) is 1.46. The van der Waals surface area contributed by atoms with E-state index >= 15 is 0 Å². The number of aryl methyl sites for hydroxylation is 1. The third kappa shape index (κ3) is 5.75. The van der Waals surface area contributed by atoms with Crippen molar-refractivity contribution in [3.8, 4) is 16.8 Å². The van der Waals surface area contributed by atoms with E-state index in [9.17, 15) is 0 Å². The van der Waals surface area contributed by atoms with Gasteiger partial charge in [0.15, 0.2) is 0 Å². The largest absolute Gasteiger partial charge is 0.360 e. The molecular weight excluding hydrogens is 677 g/mol. The van der Waals surface area contributed by atoms with Crippen LogP contribution in [0.2, 0.25) is 0 Å². The van der Waals surface area contributed by atoms with E-state index in [2.05, 4.69) is 161 Å². The second kappa shape index (κ2) is 14.3. The highest BCUT2D eigenvalue weighted by Crippen LogP contribution is 2.52. The van der Waals surface area contributed by atoms with E-state index in [1.807, 2.05) is 0 Å². The molecule has 0 N–H and O–H groups in total. The molecule has 2 heterocycles. The average molecular weight is 729 g/mol. The molecule has 0 fully saturated rings. The van der Waals surface area contributed by atoms with E-state index in [0.29, 0.717) is 29.8 Å². The third-order valence-corrected chi connectivity index (χ3v) is 13.9. The van der Waals surface area contributed by atoms with Crippen molar-refractivity contribution >= 4 is 16.5 Å². The fraction of sp³-hybridized carbons (Fsp3) is 0.296. The predicted octanol–water partition coefficient (Wildman–Crippen LogP) is 13.2. The molecule has 0 radical (unpaired) electrons. The van der Waals surface area contributed by atoms with Gasteiger partial charge in [0.2, 0.25) is 0 Å². The van der Waals surface area contributed by atoms with Crippen molar-refractivity contribution in [3.05, 3.63) is 191 Å². The van der Waals surface area contributed by atoms with Gasteiger partial charge < -0.3 is 9.47 Å². The molecule has 6 aliphatic carbocycles. The van der Waals surface area contributed by atoms with Crippen molar-refractivity contribution < 1.29 is 0 Å². The molecule has 0 saturated heterocycles. The second-order valence-corrected chi connectivity index (χ2v) is 17.0. The van der Waals surface area contributed by atoms with Gasteiger partial charge in [0.1, 0.15) is 0 Å². The summed E-state index contributed by atoms with van der Waals surface area (Å²) >= 11 is 0. The van der Waals surface area contributed by atoms with E-state index in [0.717, 1.165) is 32.1 Å². The first-order chi connectivity index (χ1) is 27.8. The Morgan fingerprint density at radius 2 is 1.38 bits per heavy atom. The number of aromatic nitrogens is 1. The first-order valence-electron chi connectivity index (χ1n) is 21.6. The summed E-state index contributed by atoms with van der Waals surface area (Å²) in [6.45, 7) is 0. The van der Waals surface area contributed by atoms with Gasteiger partial charge in [-0.2, -0.15) is 0 Å². The summed E-state index contributed by atoms with van der Waals surface area (Å²) in [4.78, 5) is 2.79. The topological polar surface area (TPSA) is 8.17 Å². The van der Waals surface area contributed by atoms with Gasteiger partial charge in [-0.3, -0.25) is 0 Å². The second-order valence-electron chi connectivity index (χ2n) is 17.0. The molecular formula is C54H52N2. The van der Waals surface area contributed by atoms with Crippen molar-refractivity contribution in [2.45, 2.75) is 88.6 Å². The molecule has 278 valence electrons. The molecule has 11 rings (SSSR count). The van der Waals surface area contributed by atoms with Gasteiger partial charge in [0, 0.05) is 40.2 Å². The maximum atomic E-state index is 2.79. The van der Waals surface area contributed by atoms with E-state index < -0.39 is 0 Å². The predicted molar refractivity (Wildman–Crippen MR) is 235 cm³/mol. The van der Waals surface area contributed by atoms with Gasteiger partial charge in [-0.25, -0.2) is 0 Å². The Morgan fingerprint density at radius 3 is 2.23 bits per heavy atom. The third-order valence-electron chi connectivity index (χ3n) is 13.9. The highest BCUT2D eigenvalue weighted by molar-refractivity contribution is 5.89. The Bertz CT molecular complexity index is 2490. The molecule has 2 heteroatoms. The number of benzene rings is 3. The van der Waals surface area contributed by atoms with Crippen LogP contribution in [0.5, 0.6) is 0 Å². The lowest BCUT2D eigenvalue weighted by atomic mass is 9.71.